The summed E-state index contributed by atoms with van der Waals surface area (Å²) in [6.07, 6.45) is -16.1. The predicted molar refractivity (Wildman–Crippen MR) is 145 cm³/mol. The number of hydrogen-bond acceptors (Lipinski definition) is 8. The van der Waals surface area contributed by atoms with Crippen molar-refractivity contribution >= 4 is 33.3 Å². The maximum Gasteiger partial charge on any atom is 0.573 e. The molecule has 2 aliphatic rings. The van der Waals surface area contributed by atoms with Gasteiger partial charge in [0.1, 0.15) is 18.0 Å². The first-order chi connectivity index (χ1) is 21.9. The number of sulfone groups is 1. The zero-order valence-corrected chi connectivity index (χ0v) is 25.0. The maximum absolute atomic E-state index is 13.8. The molecule has 0 aromatic heterocycles. The molecule has 0 bridgehead atoms. The first kappa shape index (κ1) is 38.3. The van der Waals surface area contributed by atoms with Crippen LogP contribution in [0.1, 0.15) is 23.6 Å². The van der Waals surface area contributed by atoms with E-state index in [0.29, 0.717) is 11.3 Å². The molecule has 1 fully saturated rings. The average Bonchev–Trinajstić information content (AvgIpc) is 3.32. The Hall–Kier alpha value is -4.11. The molecule has 0 saturated carbocycles. The van der Waals surface area contributed by atoms with Gasteiger partial charge in [0.25, 0.3) is 0 Å². The predicted octanol–water partition coefficient (Wildman–Crippen LogP) is 3.69. The Morgan fingerprint density at radius 1 is 1.04 bits per heavy atom. The number of anilines is 1. The van der Waals surface area contributed by atoms with Crippen molar-refractivity contribution in [3.05, 3.63) is 53.6 Å². The number of benzene rings is 2. The minimum Gasteiger partial charge on any atom is -0.475 e. The highest BCUT2D eigenvalue weighted by Gasteiger charge is 2.40. The number of carbonyl (C=O) groups is 3. The zero-order valence-electron chi connectivity index (χ0n) is 24.2. The van der Waals surface area contributed by atoms with Gasteiger partial charge in [0.05, 0.1) is 29.1 Å². The highest BCUT2D eigenvalue weighted by atomic mass is 32.2. The van der Waals surface area contributed by atoms with Gasteiger partial charge in [-0.25, -0.2) is 13.2 Å². The number of aliphatic carboxylic acids is 1. The largest absolute Gasteiger partial charge is 0.573 e. The molecule has 4 rings (SSSR count). The summed E-state index contributed by atoms with van der Waals surface area (Å²) in [5.74, 6) is -6.09. The van der Waals surface area contributed by atoms with Crippen LogP contribution in [-0.2, 0) is 30.6 Å². The summed E-state index contributed by atoms with van der Waals surface area (Å²) in [5.41, 5.74) is -0.0779. The lowest BCUT2D eigenvalue weighted by Crippen LogP contribution is -2.46. The Labute approximate surface area is 265 Å². The number of ether oxygens (including phenoxy) is 1. The molecule has 2 atom stereocenters. The number of nitrogens with one attached hydrogen (secondary N) is 1. The third-order valence-corrected chi connectivity index (χ3v) is 8.44. The molecule has 2 aliphatic heterocycles. The molecular formula is C27H26F9N3O8S. The third-order valence-electron chi connectivity index (χ3n) is 6.77. The van der Waals surface area contributed by atoms with Crippen LogP contribution in [-0.4, -0.2) is 103 Å². The molecule has 11 nitrogen and oxygen atoms in total. The summed E-state index contributed by atoms with van der Waals surface area (Å²) >= 11 is 0. The van der Waals surface area contributed by atoms with Crippen molar-refractivity contribution < 1.29 is 77.3 Å². The van der Waals surface area contributed by atoms with Gasteiger partial charge in [-0.3, -0.25) is 14.5 Å². The van der Waals surface area contributed by atoms with Crippen molar-refractivity contribution in [3.63, 3.8) is 0 Å². The number of carboxylic acids is 1. The van der Waals surface area contributed by atoms with Crippen LogP contribution in [0.4, 0.5) is 45.2 Å². The lowest BCUT2D eigenvalue weighted by molar-refractivity contribution is -0.274. The normalized spacial score (nSPS) is 18.5. The molecule has 2 aromatic carbocycles. The summed E-state index contributed by atoms with van der Waals surface area (Å²) in [6, 6.07) is 6.46. The average molecular weight is 724 g/mol. The molecule has 3 N–H and O–H groups in total. The second-order valence-electron chi connectivity index (χ2n) is 10.6. The van der Waals surface area contributed by atoms with E-state index in [2.05, 4.69) is 10.1 Å². The van der Waals surface area contributed by atoms with Gasteiger partial charge >= 0.3 is 24.7 Å². The Morgan fingerprint density at radius 2 is 1.69 bits per heavy atom. The van der Waals surface area contributed by atoms with E-state index < -0.39 is 82.9 Å². The number of likely N-dealkylation sites (tertiary alicyclic amines) is 1. The van der Waals surface area contributed by atoms with Crippen molar-refractivity contribution in [1.29, 1.82) is 0 Å². The van der Waals surface area contributed by atoms with Crippen LogP contribution in [0.2, 0.25) is 0 Å². The lowest BCUT2D eigenvalue weighted by atomic mass is 10.0. The van der Waals surface area contributed by atoms with Crippen LogP contribution < -0.4 is 10.1 Å². The number of alkyl halides is 9. The van der Waals surface area contributed by atoms with Gasteiger partial charge in [-0.2, -0.15) is 26.3 Å². The van der Waals surface area contributed by atoms with Gasteiger partial charge in [-0.15, -0.1) is 13.2 Å². The van der Waals surface area contributed by atoms with E-state index in [1.54, 1.807) is 4.90 Å². The number of carbonyl (C=O) groups excluding carboxylic acids is 2. The smallest absolute Gasteiger partial charge is 0.475 e. The van der Waals surface area contributed by atoms with Crippen molar-refractivity contribution in [2.24, 2.45) is 0 Å². The van der Waals surface area contributed by atoms with Crippen molar-refractivity contribution in [2.45, 2.75) is 48.6 Å². The van der Waals surface area contributed by atoms with E-state index in [0.717, 1.165) is 24.3 Å². The second-order valence-corrected chi connectivity index (χ2v) is 12.6. The molecule has 0 radical (unpaired) electrons. The van der Waals surface area contributed by atoms with Crippen LogP contribution in [0.3, 0.4) is 0 Å². The molecule has 2 amide bonds. The minimum atomic E-state index is -5.08. The topological polar surface area (TPSA) is 154 Å². The van der Waals surface area contributed by atoms with Crippen LogP contribution in [0, 0.1) is 0 Å². The van der Waals surface area contributed by atoms with Crippen molar-refractivity contribution in [2.75, 3.05) is 37.2 Å². The number of hydrogen-bond donors (Lipinski definition) is 3. The number of nitrogens with zero attached hydrogens (tertiary/aromatic N) is 2. The van der Waals surface area contributed by atoms with E-state index in [4.69, 9.17) is 9.90 Å². The molecule has 21 heteroatoms. The summed E-state index contributed by atoms with van der Waals surface area (Å²) in [7, 11) is -3.94. The Balaban J connectivity index is 0.000000804. The van der Waals surface area contributed by atoms with E-state index >= 15 is 0 Å². The molecule has 0 spiro atoms. The summed E-state index contributed by atoms with van der Waals surface area (Å²) in [6.45, 7) is -1.61. The standard InChI is InChI=1S/C25H25F6N3O6S.C2HF3O2/c26-24(27,28)14-34(23(37)9-15-4-5-21-19(8-15)32-22(36)13-41(21,38)39)20(12-33-7-6-17(35)11-33)16-2-1-3-18(10-16)40-25(29,30)31;3-2(4,5)1(6)7/h1-5,8,10,17,20,35H,6-7,9,11-14H2,(H,32,36);(H,6,7)/t17-,20+;/m0./s1. The highest BCUT2D eigenvalue weighted by molar-refractivity contribution is 7.92. The van der Waals surface area contributed by atoms with Gasteiger partial charge in [-0.05, 0) is 41.8 Å². The monoisotopic (exact) mass is 723 g/mol. The number of halogens is 9. The number of aliphatic hydroxyl groups is 1. The van der Waals surface area contributed by atoms with Gasteiger partial charge in [0, 0.05) is 19.6 Å². The van der Waals surface area contributed by atoms with Gasteiger partial charge < -0.3 is 25.2 Å². The second kappa shape index (κ2) is 14.6. The van der Waals surface area contributed by atoms with E-state index in [1.807, 2.05) is 0 Å². The van der Waals surface area contributed by atoms with Crippen molar-refractivity contribution in [1.82, 2.24) is 9.80 Å². The molecule has 266 valence electrons. The summed E-state index contributed by atoms with van der Waals surface area (Å²) in [5, 5.41) is 19.4. The minimum absolute atomic E-state index is 0.0606. The summed E-state index contributed by atoms with van der Waals surface area (Å²) in [4.78, 5) is 36.0. The van der Waals surface area contributed by atoms with Crippen molar-refractivity contribution in [3.8, 4) is 5.75 Å². The van der Waals surface area contributed by atoms with Gasteiger partial charge in [0.2, 0.25) is 11.8 Å². The number of carboxylic acid groups (broad SMARTS) is 1. The number of rotatable bonds is 8. The SMILES string of the molecule is O=C(O)C(F)(F)F.O=C1CS(=O)(=O)c2ccc(CC(=O)N(CC(F)(F)F)[C@H](CN3CC[C@H](O)C3)c3cccc(OC(F)(F)F)c3)cc2N1. The van der Waals surface area contributed by atoms with E-state index in [-0.39, 0.29) is 41.3 Å². The van der Waals surface area contributed by atoms with Gasteiger partial charge in [-0.1, -0.05) is 18.2 Å². The molecule has 0 unspecified atom stereocenters. The third kappa shape index (κ3) is 11.3. The van der Waals surface area contributed by atoms with Gasteiger partial charge in [0.15, 0.2) is 9.84 Å². The lowest BCUT2D eigenvalue weighted by Gasteiger charge is -2.35. The quantitative estimate of drug-likeness (QED) is 0.347. The molecule has 0 aliphatic carbocycles. The number of fused-ring (bicyclic) bond motifs is 1. The molecule has 2 heterocycles. The first-order valence-corrected chi connectivity index (χ1v) is 15.2. The Bertz CT molecular complexity index is 1610. The molecule has 1 saturated heterocycles. The fraction of sp³-hybridized carbons (Fsp3) is 0.444. The Kier molecular flexibility index (Phi) is 11.6. The van der Waals surface area contributed by atoms with E-state index in [1.165, 1.54) is 18.2 Å². The Morgan fingerprint density at radius 3 is 2.23 bits per heavy atom. The van der Waals surface area contributed by atoms with Crippen LogP contribution in [0.25, 0.3) is 0 Å². The van der Waals surface area contributed by atoms with Crippen LogP contribution in [0.5, 0.6) is 5.75 Å². The molecule has 48 heavy (non-hydrogen) atoms. The summed E-state index contributed by atoms with van der Waals surface area (Å²) < 4.78 is 140. The van der Waals surface area contributed by atoms with E-state index in [9.17, 15) is 62.6 Å². The molecular weight excluding hydrogens is 697 g/mol. The highest BCUT2D eigenvalue weighted by Crippen LogP contribution is 2.33. The maximum atomic E-state index is 13.8. The fourth-order valence-electron chi connectivity index (χ4n) is 4.86. The fourth-order valence-corrected chi connectivity index (χ4v) is 6.15. The number of β-amino-alcohol motifs (C(OH)–C–C–N with tert-alkyl or cyclic N) is 1. The first-order valence-electron chi connectivity index (χ1n) is 13.5. The number of aliphatic hydroxyl groups excluding tert-OH is 1. The zero-order chi connectivity index (χ0) is 36.2. The number of amides is 2. The van der Waals surface area contributed by atoms with Crippen LogP contribution in [0.15, 0.2) is 47.4 Å². The molecule has 2 aromatic rings. The van der Waals surface area contributed by atoms with Crippen LogP contribution >= 0.6 is 0 Å².